The topological polar surface area (TPSA) is 62.3 Å². The molecule has 0 unspecified atom stereocenters. The van der Waals surface area contributed by atoms with E-state index in [9.17, 15) is 0 Å². The van der Waals surface area contributed by atoms with Crippen molar-refractivity contribution in [3.05, 3.63) is 64.6 Å². The average Bonchev–Trinajstić information content (AvgIpc) is 3.43. The second-order valence-corrected chi connectivity index (χ2v) is 12.2. The van der Waals surface area contributed by atoms with Gasteiger partial charge in [0.2, 0.25) is 0 Å². The molecule has 3 heterocycles. The first-order chi connectivity index (χ1) is 22.0. The van der Waals surface area contributed by atoms with E-state index in [0.29, 0.717) is 17.6 Å². The van der Waals surface area contributed by atoms with E-state index in [0.717, 1.165) is 130 Å². The molecule has 4 rings (SSSR count). The molecule has 0 radical (unpaired) electrons. The lowest BCUT2D eigenvalue weighted by molar-refractivity contribution is 0.0802. The maximum Gasteiger partial charge on any atom is 0.264 e. The van der Waals surface area contributed by atoms with Crippen LogP contribution in [0.5, 0.6) is 0 Å². The van der Waals surface area contributed by atoms with Crippen molar-refractivity contribution in [1.29, 1.82) is 0 Å². The number of rotatable bonds is 16. The number of alkyl halides is 2. The van der Waals surface area contributed by atoms with Gasteiger partial charge in [-0.25, -0.2) is 8.78 Å². The maximum absolute atomic E-state index is 15.2. The summed E-state index contributed by atoms with van der Waals surface area (Å²) in [6.07, 6.45) is 12.7. The highest BCUT2D eigenvalue weighted by atomic mass is 19.3. The van der Waals surface area contributed by atoms with Gasteiger partial charge in [0.1, 0.15) is 0 Å². The third-order valence-electron chi connectivity index (χ3n) is 9.28. The summed E-state index contributed by atoms with van der Waals surface area (Å²) >= 11 is 0. The number of hydrogen-bond donors (Lipinski definition) is 4. The van der Waals surface area contributed by atoms with Crippen LogP contribution in [-0.4, -0.2) is 64.1 Å². The number of nitrogens with zero attached hydrogens (tertiary/aromatic N) is 1. The largest absolute Gasteiger partial charge is 0.385 e. The summed E-state index contributed by atoms with van der Waals surface area (Å²) in [4.78, 5) is 0. The predicted molar refractivity (Wildman–Crippen MR) is 186 cm³/mol. The Balaban J connectivity index is 1.93. The lowest BCUT2D eigenvalue weighted by Crippen LogP contribution is -2.35. The molecule has 0 spiro atoms. The molecule has 2 aliphatic rings. The van der Waals surface area contributed by atoms with E-state index in [-0.39, 0.29) is 5.56 Å². The van der Waals surface area contributed by atoms with E-state index in [1.165, 1.54) is 0 Å². The fourth-order valence-electron chi connectivity index (χ4n) is 6.94. The Kier molecular flexibility index (Phi) is 13.9. The molecule has 0 bridgehead atoms. The SMILES string of the molecule is C=Cc1c(-c2cc(CCCNC)c(/C(CC)=C(/CCNC)NC3CCOCC3)cc2C(F)F)cn(C2CCNCC2)c1/C=C\C. The minimum absolute atomic E-state index is 0.0879. The zero-order valence-electron chi connectivity index (χ0n) is 27.9. The Morgan fingerprint density at radius 1 is 1.09 bits per heavy atom. The summed E-state index contributed by atoms with van der Waals surface area (Å²) < 4.78 is 38.3. The van der Waals surface area contributed by atoms with Crippen molar-refractivity contribution in [3.8, 4) is 11.1 Å². The minimum atomic E-state index is -2.61. The zero-order chi connectivity index (χ0) is 32.2. The highest BCUT2D eigenvalue weighted by molar-refractivity contribution is 5.84. The van der Waals surface area contributed by atoms with Gasteiger partial charge in [0, 0.05) is 66.1 Å². The van der Waals surface area contributed by atoms with Gasteiger partial charge in [0.05, 0.1) is 0 Å². The van der Waals surface area contributed by atoms with Crippen molar-refractivity contribution in [1.82, 2.24) is 25.8 Å². The highest BCUT2D eigenvalue weighted by Crippen LogP contribution is 2.42. The number of benzene rings is 1. The Morgan fingerprint density at radius 3 is 2.44 bits per heavy atom. The maximum atomic E-state index is 15.2. The van der Waals surface area contributed by atoms with E-state index < -0.39 is 6.43 Å². The molecule has 0 saturated carbocycles. The Hall–Kier alpha value is -2.78. The van der Waals surface area contributed by atoms with Crippen LogP contribution in [0.2, 0.25) is 0 Å². The molecular formula is C37H55F2N5O. The monoisotopic (exact) mass is 623 g/mol. The Labute approximate surface area is 269 Å². The number of aryl methyl sites for hydroxylation is 1. The summed E-state index contributed by atoms with van der Waals surface area (Å²) in [6, 6.07) is 4.52. The molecule has 2 aromatic rings. The van der Waals surface area contributed by atoms with Gasteiger partial charge in [-0.05, 0) is 132 Å². The fraction of sp³-hybridized carbons (Fsp3) is 0.568. The Morgan fingerprint density at radius 2 is 1.82 bits per heavy atom. The molecule has 1 aromatic heterocycles. The summed E-state index contributed by atoms with van der Waals surface area (Å²) in [6.45, 7) is 13.4. The minimum Gasteiger partial charge on any atom is -0.385 e. The molecule has 0 aliphatic carbocycles. The summed E-state index contributed by atoms with van der Waals surface area (Å²) in [7, 11) is 3.92. The standard InChI is InChI=1S/C37H55F2N5O/c1-6-10-36-30(8-3)34(25-44(36)28-12-19-42-20-13-28)32-23-26(11-9-17-40-4)31(24-33(32)37(38)39)29(7-2)35(14-18-41-5)43-27-15-21-45-22-16-27/h6,8,10,23-25,27-28,37,40-43H,3,7,9,11-22H2,1-2,4-5H3/b10-6-,35-29-. The number of ether oxygens (including phenoxy) is 1. The lowest BCUT2D eigenvalue weighted by Gasteiger charge is -2.28. The van der Waals surface area contributed by atoms with Crippen LogP contribution in [0.4, 0.5) is 8.78 Å². The quantitative estimate of drug-likeness (QED) is 0.147. The van der Waals surface area contributed by atoms with Gasteiger partial charge >= 0.3 is 0 Å². The van der Waals surface area contributed by atoms with Crippen LogP contribution in [0.3, 0.4) is 0 Å². The summed E-state index contributed by atoms with van der Waals surface area (Å²) in [5, 5.41) is 13.9. The number of halogens is 2. The normalized spacial score (nSPS) is 17.3. The molecule has 6 nitrogen and oxygen atoms in total. The molecule has 2 fully saturated rings. The Bertz CT molecular complexity index is 1300. The van der Waals surface area contributed by atoms with E-state index in [2.05, 4.69) is 57.7 Å². The van der Waals surface area contributed by atoms with Gasteiger partial charge in [-0.15, -0.1) is 0 Å². The summed E-state index contributed by atoms with van der Waals surface area (Å²) in [5.41, 5.74) is 7.86. The fourth-order valence-corrected chi connectivity index (χ4v) is 6.94. The first-order valence-corrected chi connectivity index (χ1v) is 17.0. The van der Waals surface area contributed by atoms with E-state index in [1.54, 1.807) is 0 Å². The molecule has 8 heteroatoms. The number of allylic oxidation sites excluding steroid dienone is 2. The van der Waals surface area contributed by atoms with E-state index in [4.69, 9.17) is 4.74 Å². The lowest BCUT2D eigenvalue weighted by atomic mass is 9.86. The molecule has 45 heavy (non-hydrogen) atoms. The third kappa shape index (κ3) is 8.73. The van der Waals surface area contributed by atoms with Crippen molar-refractivity contribution in [2.24, 2.45) is 0 Å². The highest BCUT2D eigenvalue weighted by Gasteiger charge is 2.27. The van der Waals surface area contributed by atoms with Crippen LogP contribution in [0.25, 0.3) is 28.9 Å². The van der Waals surface area contributed by atoms with Gasteiger partial charge in [-0.2, -0.15) is 0 Å². The predicted octanol–water partition coefficient (Wildman–Crippen LogP) is 7.34. The van der Waals surface area contributed by atoms with Gasteiger partial charge in [-0.3, -0.25) is 0 Å². The van der Waals surface area contributed by atoms with Crippen LogP contribution in [0, 0.1) is 0 Å². The average molecular weight is 624 g/mol. The number of nitrogens with one attached hydrogen (secondary N) is 4. The summed E-state index contributed by atoms with van der Waals surface area (Å²) in [5.74, 6) is 0. The molecule has 0 amide bonds. The smallest absolute Gasteiger partial charge is 0.264 e. The van der Waals surface area contributed by atoms with Crippen LogP contribution in [0.1, 0.15) is 99.2 Å². The van der Waals surface area contributed by atoms with Crippen LogP contribution < -0.4 is 21.3 Å². The van der Waals surface area contributed by atoms with Crippen LogP contribution in [0.15, 0.2) is 36.7 Å². The van der Waals surface area contributed by atoms with E-state index >= 15 is 8.78 Å². The number of aromatic nitrogens is 1. The van der Waals surface area contributed by atoms with Crippen LogP contribution in [-0.2, 0) is 11.2 Å². The molecule has 0 atom stereocenters. The molecule has 4 N–H and O–H groups in total. The molecule has 2 aliphatic heterocycles. The number of piperidine rings is 1. The van der Waals surface area contributed by atoms with Crippen molar-refractivity contribution in [2.75, 3.05) is 53.5 Å². The number of hydrogen-bond acceptors (Lipinski definition) is 5. The van der Waals surface area contributed by atoms with Gasteiger partial charge < -0.3 is 30.6 Å². The van der Waals surface area contributed by atoms with Crippen molar-refractivity contribution in [3.63, 3.8) is 0 Å². The van der Waals surface area contributed by atoms with Gasteiger partial charge in [0.15, 0.2) is 0 Å². The van der Waals surface area contributed by atoms with Gasteiger partial charge in [0.25, 0.3) is 6.43 Å². The molecular weight excluding hydrogens is 568 g/mol. The second-order valence-electron chi connectivity index (χ2n) is 12.2. The first-order valence-electron chi connectivity index (χ1n) is 17.0. The second kappa shape index (κ2) is 17.8. The van der Waals surface area contributed by atoms with E-state index in [1.807, 2.05) is 39.2 Å². The first kappa shape index (κ1) is 35.1. The van der Waals surface area contributed by atoms with Gasteiger partial charge in [-0.1, -0.05) is 25.7 Å². The van der Waals surface area contributed by atoms with Crippen molar-refractivity contribution in [2.45, 2.75) is 83.7 Å². The van der Waals surface area contributed by atoms with Crippen LogP contribution >= 0.6 is 0 Å². The molecule has 1 aromatic carbocycles. The molecule has 248 valence electrons. The van der Waals surface area contributed by atoms with Crippen molar-refractivity contribution < 1.29 is 13.5 Å². The molecule has 2 saturated heterocycles. The zero-order valence-corrected chi connectivity index (χ0v) is 27.9. The third-order valence-corrected chi connectivity index (χ3v) is 9.28. The van der Waals surface area contributed by atoms with Crippen molar-refractivity contribution >= 4 is 17.7 Å².